The molecule has 0 saturated heterocycles. The van der Waals surface area contributed by atoms with E-state index in [1.165, 1.54) is 0 Å². The van der Waals surface area contributed by atoms with E-state index in [0.29, 0.717) is 17.7 Å². The van der Waals surface area contributed by atoms with E-state index in [2.05, 4.69) is 0 Å². The molecule has 2 heterocycles. The van der Waals surface area contributed by atoms with E-state index in [1.54, 1.807) is 6.26 Å². The Bertz CT molecular complexity index is 875. The number of benzene rings is 2. The Morgan fingerprint density at radius 2 is 1.91 bits per heavy atom. The molecule has 0 N–H and O–H groups in total. The lowest BCUT2D eigenvalue weighted by Gasteiger charge is -2.27. The fourth-order valence-electron chi connectivity index (χ4n) is 3.11. The number of Topliss-reactive ketones (excluding diaryl/α,β-unsaturated/α-hetero) is 1. The maximum absolute atomic E-state index is 12.6. The first kappa shape index (κ1) is 13.1. The summed E-state index contributed by atoms with van der Waals surface area (Å²) in [5.41, 5.74) is 4.43. The fourth-order valence-corrected chi connectivity index (χ4v) is 3.11. The van der Waals surface area contributed by atoms with Gasteiger partial charge in [-0.15, -0.1) is 0 Å². The molecule has 1 aliphatic heterocycles. The fraction of sp³-hybridized carbons (Fsp3) is 0.211. The predicted octanol–water partition coefficient (Wildman–Crippen LogP) is 4.76. The van der Waals surface area contributed by atoms with Crippen molar-refractivity contribution in [3.05, 3.63) is 64.9 Å². The number of ketones is 1. The van der Waals surface area contributed by atoms with Gasteiger partial charge in [0.15, 0.2) is 5.78 Å². The van der Waals surface area contributed by atoms with Crippen molar-refractivity contribution in [1.29, 1.82) is 0 Å². The minimum atomic E-state index is -0.228. The number of carbonyl (C=O) groups is 1. The normalized spacial score (nSPS) is 17.4. The van der Waals surface area contributed by atoms with Crippen LogP contribution in [0.4, 0.5) is 0 Å². The highest BCUT2D eigenvalue weighted by molar-refractivity contribution is 6.05. The van der Waals surface area contributed by atoms with Gasteiger partial charge in [-0.1, -0.05) is 30.3 Å². The highest BCUT2D eigenvalue weighted by atomic mass is 16.5. The molecule has 1 aromatic heterocycles. The summed E-state index contributed by atoms with van der Waals surface area (Å²) in [6, 6.07) is 11.8. The van der Waals surface area contributed by atoms with Crippen molar-refractivity contribution in [1.82, 2.24) is 0 Å². The van der Waals surface area contributed by atoms with Crippen LogP contribution in [0, 0.1) is 13.8 Å². The maximum atomic E-state index is 12.6. The molecule has 1 unspecified atom stereocenters. The Labute approximate surface area is 128 Å². The molecule has 3 heteroatoms. The minimum Gasteiger partial charge on any atom is -0.484 e. The van der Waals surface area contributed by atoms with Gasteiger partial charge in [0.25, 0.3) is 0 Å². The number of furan rings is 1. The molecule has 0 aliphatic carbocycles. The topological polar surface area (TPSA) is 39.4 Å². The number of hydrogen-bond donors (Lipinski definition) is 0. The van der Waals surface area contributed by atoms with E-state index in [0.717, 1.165) is 27.7 Å². The first-order valence-electron chi connectivity index (χ1n) is 7.41. The number of carbonyl (C=O) groups excluding carboxylic acids is 1. The SMILES string of the molecule is Cc1coc2c(C)c3c(cc12)C(=O)CC(c1ccccc1)O3. The molecule has 1 atom stereocenters. The largest absolute Gasteiger partial charge is 0.484 e. The van der Waals surface area contributed by atoms with Crippen LogP contribution in [0.1, 0.15) is 39.6 Å². The molecule has 0 amide bonds. The highest BCUT2D eigenvalue weighted by Crippen LogP contribution is 2.41. The zero-order chi connectivity index (χ0) is 15.3. The molecule has 0 saturated carbocycles. The first-order chi connectivity index (χ1) is 10.6. The van der Waals surface area contributed by atoms with Crippen LogP contribution in [-0.4, -0.2) is 5.78 Å². The van der Waals surface area contributed by atoms with Gasteiger partial charge in [0.1, 0.15) is 17.4 Å². The summed E-state index contributed by atoms with van der Waals surface area (Å²) < 4.78 is 11.8. The summed E-state index contributed by atoms with van der Waals surface area (Å²) in [6.45, 7) is 3.93. The van der Waals surface area contributed by atoms with Gasteiger partial charge in [0, 0.05) is 10.9 Å². The zero-order valence-corrected chi connectivity index (χ0v) is 12.6. The molecule has 1 aliphatic rings. The van der Waals surface area contributed by atoms with Gasteiger partial charge in [0.05, 0.1) is 18.2 Å². The number of hydrogen-bond acceptors (Lipinski definition) is 3. The van der Waals surface area contributed by atoms with E-state index in [9.17, 15) is 4.79 Å². The molecule has 110 valence electrons. The third kappa shape index (κ3) is 1.86. The molecule has 3 nitrogen and oxygen atoms in total. The molecule has 0 spiro atoms. The lowest BCUT2D eigenvalue weighted by molar-refractivity contribution is 0.0849. The van der Waals surface area contributed by atoms with Crippen LogP contribution >= 0.6 is 0 Å². The van der Waals surface area contributed by atoms with Crippen LogP contribution in [-0.2, 0) is 0 Å². The van der Waals surface area contributed by atoms with Crippen molar-refractivity contribution in [2.24, 2.45) is 0 Å². The molecule has 0 radical (unpaired) electrons. The molecular formula is C19H16O3. The van der Waals surface area contributed by atoms with Crippen LogP contribution in [0.5, 0.6) is 5.75 Å². The van der Waals surface area contributed by atoms with E-state index >= 15 is 0 Å². The Kier molecular flexibility index (Phi) is 2.83. The third-order valence-electron chi connectivity index (χ3n) is 4.34. The predicted molar refractivity (Wildman–Crippen MR) is 84.4 cm³/mol. The summed E-state index contributed by atoms with van der Waals surface area (Å²) in [6.07, 6.45) is 1.87. The Morgan fingerprint density at radius 3 is 2.68 bits per heavy atom. The maximum Gasteiger partial charge on any atom is 0.170 e. The smallest absolute Gasteiger partial charge is 0.170 e. The number of rotatable bonds is 1. The van der Waals surface area contributed by atoms with Crippen molar-refractivity contribution in [3.8, 4) is 5.75 Å². The second kappa shape index (κ2) is 4.73. The van der Waals surface area contributed by atoms with Crippen molar-refractivity contribution >= 4 is 16.8 Å². The average Bonchev–Trinajstić information content (AvgIpc) is 2.91. The third-order valence-corrected chi connectivity index (χ3v) is 4.34. The molecule has 0 fully saturated rings. The van der Waals surface area contributed by atoms with E-state index in [1.807, 2.05) is 50.2 Å². The van der Waals surface area contributed by atoms with Crippen molar-refractivity contribution in [3.63, 3.8) is 0 Å². The lowest BCUT2D eigenvalue weighted by atomic mass is 9.93. The van der Waals surface area contributed by atoms with Crippen LogP contribution < -0.4 is 4.74 Å². The van der Waals surface area contributed by atoms with E-state index in [4.69, 9.17) is 9.15 Å². The van der Waals surface area contributed by atoms with Gasteiger partial charge in [-0.05, 0) is 31.0 Å². The van der Waals surface area contributed by atoms with Crippen LogP contribution in [0.25, 0.3) is 11.0 Å². The van der Waals surface area contributed by atoms with Gasteiger partial charge in [-0.25, -0.2) is 0 Å². The monoisotopic (exact) mass is 292 g/mol. The molecule has 0 bridgehead atoms. The molecule has 22 heavy (non-hydrogen) atoms. The second-order valence-electron chi connectivity index (χ2n) is 5.82. The summed E-state index contributed by atoms with van der Waals surface area (Å²) in [4.78, 5) is 12.6. The number of ether oxygens (including phenoxy) is 1. The quantitative estimate of drug-likeness (QED) is 0.649. The van der Waals surface area contributed by atoms with Crippen molar-refractivity contribution < 1.29 is 13.9 Å². The molecule has 3 aromatic rings. The van der Waals surface area contributed by atoms with Gasteiger partial charge in [0.2, 0.25) is 0 Å². The second-order valence-corrected chi connectivity index (χ2v) is 5.82. The number of aryl methyl sites for hydroxylation is 2. The van der Waals surface area contributed by atoms with Gasteiger partial charge in [-0.3, -0.25) is 4.79 Å². The summed E-state index contributed by atoms with van der Waals surface area (Å²) >= 11 is 0. The van der Waals surface area contributed by atoms with Gasteiger partial charge in [-0.2, -0.15) is 0 Å². The van der Waals surface area contributed by atoms with Crippen molar-refractivity contribution in [2.45, 2.75) is 26.4 Å². The van der Waals surface area contributed by atoms with Gasteiger partial charge < -0.3 is 9.15 Å². The summed E-state index contributed by atoms with van der Waals surface area (Å²) in [5, 5.41) is 0.992. The molecule has 4 rings (SSSR count). The Balaban J connectivity index is 1.87. The molecule has 2 aromatic carbocycles. The number of fused-ring (bicyclic) bond motifs is 2. The van der Waals surface area contributed by atoms with Crippen LogP contribution in [0.15, 0.2) is 47.1 Å². The van der Waals surface area contributed by atoms with Gasteiger partial charge >= 0.3 is 0 Å². The van der Waals surface area contributed by atoms with Crippen LogP contribution in [0.2, 0.25) is 0 Å². The summed E-state index contributed by atoms with van der Waals surface area (Å²) in [5.74, 6) is 0.785. The standard InChI is InChI=1S/C19H16O3/c1-11-10-21-18-12(2)19-15(8-14(11)18)16(20)9-17(22-19)13-6-4-3-5-7-13/h3-8,10,17H,9H2,1-2H3. The van der Waals surface area contributed by atoms with Crippen molar-refractivity contribution in [2.75, 3.05) is 0 Å². The Hall–Kier alpha value is -2.55. The average molecular weight is 292 g/mol. The lowest BCUT2D eigenvalue weighted by Crippen LogP contribution is -2.21. The summed E-state index contributed by atoms with van der Waals surface area (Å²) in [7, 11) is 0. The highest BCUT2D eigenvalue weighted by Gasteiger charge is 2.30. The first-order valence-corrected chi connectivity index (χ1v) is 7.41. The molecular weight excluding hydrogens is 276 g/mol. The minimum absolute atomic E-state index is 0.126. The Morgan fingerprint density at radius 1 is 1.14 bits per heavy atom. The van der Waals surface area contributed by atoms with E-state index in [-0.39, 0.29) is 11.9 Å². The zero-order valence-electron chi connectivity index (χ0n) is 12.6. The van der Waals surface area contributed by atoms with E-state index < -0.39 is 0 Å². The van der Waals surface area contributed by atoms with Crippen LogP contribution in [0.3, 0.4) is 0 Å².